The van der Waals surface area contributed by atoms with Gasteiger partial charge in [0.15, 0.2) is 0 Å². The highest BCUT2D eigenvalue weighted by Gasteiger charge is 2.12. The van der Waals surface area contributed by atoms with Gasteiger partial charge in [0, 0.05) is 22.3 Å². The fraction of sp³-hybridized carbons (Fsp3) is 0.188. The molecule has 0 spiro atoms. The molecule has 2 aromatic carbocycles. The molecule has 0 saturated heterocycles. The Morgan fingerprint density at radius 1 is 1.00 bits per heavy atom. The monoisotopic (exact) mass is 288 g/mol. The van der Waals surface area contributed by atoms with E-state index in [2.05, 4.69) is 0 Å². The fourth-order valence-electron chi connectivity index (χ4n) is 2.02. The minimum atomic E-state index is -1.12. The number of carboxylic acid groups (broad SMARTS) is 1. The molecule has 1 atom stereocenters. The molecule has 0 amide bonds. The van der Waals surface area contributed by atoms with Crippen molar-refractivity contribution in [2.75, 3.05) is 0 Å². The second-order valence-corrected chi connectivity index (χ2v) is 6.07. The molecule has 104 valence electrons. The number of benzene rings is 2. The lowest BCUT2D eigenvalue weighted by atomic mass is 10.1. The van der Waals surface area contributed by atoms with E-state index in [1.807, 2.05) is 31.2 Å². The van der Waals surface area contributed by atoms with Crippen molar-refractivity contribution < 1.29 is 14.1 Å². The molecule has 0 aliphatic rings. The second-order valence-electron chi connectivity index (χ2n) is 4.62. The molecule has 0 aliphatic carbocycles. The van der Waals surface area contributed by atoms with Crippen LogP contribution in [0.15, 0.2) is 48.5 Å². The number of aromatic carboxylic acids is 1. The van der Waals surface area contributed by atoms with Crippen molar-refractivity contribution in [3.05, 3.63) is 70.8 Å². The van der Waals surface area contributed by atoms with E-state index in [1.54, 1.807) is 24.3 Å². The lowest BCUT2D eigenvalue weighted by molar-refractivity contribution is 0.0696. The number of carboxylic acids is 1. The molecule has 1 unspecified atom stereocenters. The molecule has 0 fully saturated rings. The minimum absolute atomic E-state index is 0.227. The van der Waals surface area contributed by atoms with Crippen molar-refractivity contribution in [1.29, 1.82) is 0 Å². The SMILES string of the molecule is Cc1ccccc1CS(=O)Cc1ccccc1C(=O)O. The van der Waals surface area contributed by atoms with E-state index < -0.39 is 16.8 Å². The Morgan fingerprint density at radius 3 is 2.20 bits per heavy atom. The quantitative estimate of drug-likeness (QED) is 0.919. The summed E-state index contributed by atoms with van der Waals surface area (Å²) in [4.78, 5) is 11.1. The highest BCUT2D eigenvalue weighted by molar-refractivity contribution is 7.83. The summed E-state index contributed by atoms with van der Waals surface area (Å²) in [5, 5.41) is 9.11. The van der Waals surface area contributed by atoms with Crippen molar-refractivity contribution in [2.45, 2.75) is 18.4 Å². The Labute approximate surface area is 120 Å². The van der Waals surface area contributed by atoms with Crippen LogP contribution in [0.1, 0.15) is 27.0 Å². The van der Waals surface area contributed by atoms with E-state index in [0.29, 0.717) is 11.3 Å². The predicted molar refractivity (Wildman–Crippen MR) is 80.1 cm³/mol. The van der Waals surface area contributed by atoms with E-state index >= 15 is 0 Å². The Balaban J connectivity index is 2.13. The van der Waals surface area contributed by atoms with Crippen LogP contribution in [0.25, 0.3) is 0 Å². The van der Waals surface area contributed by atoms with Crippen molar-refractivity contribution in [1.82, 2.24) is 0 Å². The third-order valence-corrected chi connectivity index (χ3v) is 4.41. The first-order valence-electron chi connectivity index (χ1n) is 6.28. The zero-order chi connectivity index (χ0) is 14.5. The number of rotatable bonds is 5. The Morgan fingerprint density at radius 2 is 1.55 bits per heavy atom. The number of carbonyl (C=O) groups is 1. The van der Waals surface area contributed by atoms with Crippen LogP contribution in [0, 0.1) is 6.92 Å². The zero-order valence-electron chi connectivity index (χ0n) is 11.2. The molecular formula is C16H16O3S. The van der Waals surface area contributed by atoms with Crippen molar-refractivity contribution in [3.63, 3.8) is 0 Å². The molecule has 0 heterocycles. The van der Waals surface area contributed by atoms with Crippen LogP contribution in [-0.4, -0.2) is 15.3 Å². The largest absolute Gasteiger partial charge is 0.478 e. The summed E-state index contributed by atoms with van der Waals surface area (Å²) in [7, 11) is -1.12. The highest BCUT2D eigenvalue weighted by Crippen LogP contribution is 2.15. The van der Waals surface area contributed by atoms with E-state index in [9.17, 15) is 9.00 Å². The van der Waals surface area contributed by atoms with Gasteiger partial charge in [-0.2, -0.15) is 0 Å². The zero-order valence-corrected chi connectivity index (χ0v) is 12.0. The van der Waals surface area contributed by atoms with Crippen LogP contribution in [0.4, 0.5) is 0 Å². The number of hydrogen-bond acceptors (Lipinski definition) is 2. The maximum Gasteiger partial charge on any atom is 0.335 e. The molecule has 3 nitrogen and oxygen atoms in total. The summed E-state index contributed by atoms with van der Waals surface area (Å²) < 4.78 is 12.2. The molecule has 0 bridgehead atoms. The lowest BCUT2D eigenvalue weighted by Crippen LogP contribution is -2.06. The third kappa shape index (κ3) is 3.54. The van der Waals surface area contributed by atoms with Gasteiger partial charge in [0.05, 0.1) is 5.56 Å². The molecule has 0 aliphatic heterocycles. The van der Waals surface area contributed by atoms with Crippen molar-refractivity contribution in [3.8, 4) is 0 Å². The standard InChI is InChI=1S/C16H16O3S/c1-12-6-2-3-7-13(12)10-20(19)11-14-8-4-5-9-15(14)16(17)18/h2-9H,10-11H2,1H3,(H,17,18). The summed E-state index contributed by atoms with van der Waals surface area (Å²) in [6.07, 6.45) is 0. The molecule has 1 N–H and O–H groups in total. The Hall–Kier alpha value is -1.94. The van der Waals surface area contributed by atoms with Crippen LogP contribution in [0.3, 0.4) is 0 Å². The smallest absolute Gasteiger partial charge is 0.335 e. The van der Waals surface area contributed by atoms with Gasteiger partial charge in [-0.25, -0.2) is 4.79 Å². The van der Waals surface area contributed by atoms with Gasteiger partial charge in [-0.05, 0) is 29.7 Å². The number of hydrogen-bond donors (Lipinski definition) is 1. The van der Waals surface area contributed by atoms with Crippen LogP contribution in [0.5, 0.6) is 0 Å². The summed E-state index contributed by atoms with van der Waals surface area (Å²) in [5.41, 5.74) is 2.99. The summed E-state index contributed by atoms with van der Waals surface area (Å²) in [6.45, 7) is 1.98. The topological polar surface area (TPSA) is 54.4 Å². The summed E-state index contributed by atoms with van der Waals surface area (Å²) in [5.74, 6) is -0.272. The average Bonchev–Trinajstić information content (AvgIpc) is 2.41. The maximum absolute atomic E-state index is 12.2. The Kier molecular flexibility index (Phi) is 4.69. The summed E-state index contributed by atoms with van der Waals surface area (Å²) in [6, 6.07) is 14.5. The fourth-order valence-corrected chi connectivity index (χ4v) is 3.40. The van der Waals surface area contributed by atoms with Crippen LogP contribution in [-0.2, 0) is 22.3 Å². The minimum Gasteiger partial charge on any atom is -0.478 e. The van der Waals surface area contributed by atoms with Gasteiger partial charge in [0.1, 0.15) is 0 Å². The first-order valence-corrected chi connectivity index (χ1v) is 7.77. The molecule has 0 saturated carbocycles. The maximum atomic E-state index is 12.2. The molecule has 2 rings (SSSR count). The van der Waals surface area contributed by atoms with Gasteiger partial charge >= 0.3 is 5.97 Å². The van der Waals surface area contributed by atoms with Crippen LogP contribution in [0.2, 0.25) is 0 Å². The number of aryl methyl sites for hydroxylation is 1. The molecule has 20 heavy (non-hydrogen) atoms. The third-order valence-electron chi connectivity index (χ3n) is 3.14. The lowest BCUT2D eigenvalue weighted by Gasteiger charge is -2.08. The molecule has 0 aromatic heterocycles. The van der Waals surface area contributed by atoms with Gasteiger partial charge in [-0.15, -0.1) is 0 Å². The Bertz CT molecular complexity index is 650. The highest BCUT2D eigenvalue weighted by atomic mass is 32.2. The van der Waals surface area contributed by atoms with Gasteiger partial charge in [-0.3, -0.25) is 4.21 Å². The van der Waals surface area contributed by atoms with E-state index in [1.165, 1.54) is 0 Å². The van der Waals surface area contributed by atoms with Crippen molar-refractivity contribution >= 4 is 16.8 Å². The first kappa shape index (κ1) is 14.5. The van der Waals surface area contributed by atoms with Gasteiger partial charge in [-0.1, -0.05) is 42.5 Å². The molecule has 0 radical (unpaired) electrons. The molecule has 2 aromatic rings. The average molecular weight is 288 g/mol. The van der Waals surface area contributed by atoms with E-state index in [0.717, 1.165) is 11.1 Å². The van der Waals surface area contributed by atoms with Crippen LogP contribution >= 0.6 is 0 Å². The van der Waals surface area contributed by atoms with Crippen molar-refractivity contribution in [2.24, 2.45) is 0 Å². The van der Waals surface area contributed by atoms with Crippen LogP contribution < -0.4 is 0 Å². The van der Waals surface area contributed by atoms with Gasteiger partial charge in [0.25, 0.3) is 0 Å². The van der Waals surface area contributed by atoms with Gasteiger partial charge in [0.2, 0.25) is 0 Å². The molecule has 4 heteroatoms. The second kappa shape index (κ2) is 6.48. The first-order chi connectivity index (χ1) is 9.58. The van der Waals surface area contributed by atoms with E-state index in [-0.39, 0.29) is 11.3 Å². The van der Waals surface area contributed by atoms with Gasteiger partial charge < -0.3 is 5.11 Å². The normalized spacial score (nSPS) is 12.1. The predicted octanol–water partition coefficient (Wildman–Crippen LogP) is 3.14. The summed E-state index contributed by atoms with van der Waals surface area (Å²) >= 11 is 0. The molecular weight excluding hydrogens is 272 g/mol. The van der Waals surface area contributed by atoms with E-state index in [4.69, 9.17) is 5.11 Å².